The van der Waals surface area contributed by atoms with Crippen LogP contribution in [0.2, 0.25) is 0 Å². The van der Waals surface area contributed by atoms with E-state index in [1.54, 1.807) is 36.4 Å². The molecule has 0 aliphatic carbocycles. The third-order valence-corrected chi connectivity index (χ3v) is 6.01. The number of hydrogen-bond acceptors (Lipinski definition) is 8. The summed E-state index contributed by atoms with van der Waals surface area (Å²) in [5.74, 6) is 0.611. The van der Waals surface area contributed by atoms with Crippen LogP contribution in [0.5, 0.6) is 17.4 Å². The maximum absolute atomic E-state index is 13.3. The number of anilines is 2. The number of nitrogens with one attached hydrogen (secondary N) is 3. The van der Waals surface area contributed by atoms with E-state index in [2.05, 4.69) is 25.3 Å². The number of benzene rings is 2. The van der Waals surface area contributed by atoms with Gasteiger partial charge in [-0.1, -0.05) is 26.8 Å². The number of nitrogens with zero attached hydrogens (tertiary/aromatic N) is 2. The Labute approximate surface area is 217 Å². The first kappa shape index (κ1) is 27.9. The lowest BCUT2D eigenvalue weighted by atomic mass is 9.86. The number of amides is 1. The zero-order valence-corrected chi connectivity index (χ0v) is 22.9. The number of methoxy groups -OCH3 is 1. The summed E-state index contributed by atoms with van der Waals surface area (Å²) in [6, 6.07) is 10.3. The van der Waals surface area contributed by atoms with E-state index < -0.39 is 15.9 Å². The molecule has 3 aromatic rings. The highest BCUT2D eigenvalue weighted by Gasteiger charge is 2.22. The second kappa shape index (κ2) is 11.1. The summed E-state index contributed by atoms with van der Waals surface area (Å²) in [6.07, 6.45) is 2.48. The first-order valence-corrected chi connectivity index (χ1v) is 13.5. The number of aromatic nitrogens is 2. The van der Waals surface area contributed by atoms with E-state index in [0.717, 1.165) is 23.1 Å². The van der Waals surface area contributed by atoms with Crippen molar-refractivity contribution >= 4 is 27.3 Å². The van der Waals surface area contributed by atoms with Gasteiger partial charge in [0.2, 0.25) is 15.9 Å². The molecule has 0 unspecified atom stereocenters. The van der Waals surface area contributed by atoms with Crippen LogP contribution in [0.25, 0.3) is 0 Å². The van der Waals surface area contributed by atoms with Crippen molar-refractivity contribution in [2.24, 2.45) is 0 Å². The molecule has 0 saturated heterocycles. The maximum atomic E-state index is 13.3. The minimum absolute atomic E-state index is 0.202. The highest BCUT2D eigenvalue weighted by atomic mass is 32.2. The van der Waals surface area contributed by atoms with E-state index in [1.165, 1.54) is 13.4 Å². The van der Waals surface area contributed by atoms with Crippen LogP contribution in [0.1, 0.15) is 48.0 Å². The molecule has 1 aromatic heterocycles. The van der Waals surface area contributed by atoms with Crippen molar-refractivity contribution in [3.63, 3.8) is 0 Å². The van der Waals surface area contributed by atoms with E-state index >= 15 is 0 Å². The predicted octanol–water partition coefficient (Wildman–Crippen LogP) is 4.23. The molecular weight excluding hydrogens is 494 g/mol. The molecule has 0 saturated carbocycles. The lowest BCUT2D eigenvalue weighted by molar-refractivity contribution is 0.102. The number of aryl methyl sites for hydroxylation is 1. The molecule has 1 amide bonds. The van der Waals surface area contributed by atoms with Crippen molar-refractivity contribution in [3.05, 3.63) is 65.1 Å². The minimum atomic E-state index is -3.59. The summed E-state index contributed by atoms with van der Waals surface area (Å²) in [6.45, 7) is 8.40. The van der Waals surface area contributed by atoms with Gasteiger partial charge in [-0.05, 0) is 54.8 Å². The Morgan fingerprint density at radius 1 is 1.05 bits per heavy atom. The number of carbonyl (C=O) groups excluding carboxylic acids is 1. The summed E-state index contributed by atoms with van der Waals surface area (Å²) in [4.78, 5) is 21.6. The van der Waals surface area contributed by atoms with Gasteiger partial charge in [-0.15, -0.1) is 0 Å². The van der Waals surface area contributed by atoms with Crippen molar-refractivity contribution in [2.45, 2.75) is 39.7 Å². The largest absolute Gasteiger partial charge is 0.492 e. The molecule has 0 bridgehead atoms. The Balaban J connectivity index is 1.96. The summed E-state index contributed by atoms with van der Waals surface area (Å²) >= 11 is 0. The van der Waals surface area contributed by atoms with Gasteiger partial charge >= 0.3 is 0 Å². The molecule has 0 aliphatic heterocycles. The van der Waals surface area contributed by atoms with Crippen molar-refractivity contribution in [1.29, 1.82) is 0 Å². The van der Waals surface area contributed by atoms with Gasteiger partial charge in [0.05, 0.1) is 30.4 Å². The fourth-order valence-corrected chi connectivity index (χ4v) is 4.07. The average molecular weight is 528 g/mol. The van der Waals surface area contributed by atoms with E-state index in [0.29, 0.717) is 29.4 Å². The number of hydrogen-bond donors (Lipinski definition) is 3. The molecule has 0 fully saturated rings. The quantitative estimate of drug-likeness (QED) is 0.377. The van der Waals surface area contributed by atoms with Crippen LogP contribution in [-0.4, -0.2) is 44.7 Å². The van der Waals surface area contributed by atoms with Crippen molar-refractivity contribution in [1.82, 2.24) is 15.3 Å². The SMILES string of the molecule is CNCc1cc(Oc2cc(C(=O)Nc3cc(C(C)(C)C)cc(NS(C)(=O)=O)c3OC)ccc2C)ncn1. The van der Waals surface area contributed by atoms with Crippen LogP contribution >= 0.6 is 0 Å². The second-order valence-electron chi connectivity index (χ2n) is 9.64. The van der Waals surface area contributed by atoms with Gasteiger partial charge < -0.3 is 20.1 Å². The first-order chi connectivity index (χ1) is 17.3. The highest BCUT2D eigenvalue weighted by molar-refractivity contribution is 7.92. The second-order valence-corrected chi connectivity index (χ2v) is 11.4. The maximum Gasteiger partial charge on any atom is 0.255 e. The molecule has 0 spiro atoms. The van der Waals surface area contributed by atoms with Crippen molar-refractivity contribution in [2.75, 3.05) is 30.5 Å². The summed E-state index contributed by atoms with van der Waals surface area (Å²) in [5.41, 5.74) is 2.98. The topological polar surface area (TPSA) is 132 Å². The number of sulfonamides is 1. The normalized spacial score (nSPS) is 11.6. The standard InChI is InChI=1S/C26H33N5O5S/c1-16-8-9-17(10-22(16)36-23-13-19(14-27-5)28-15-29-23)25(32)30-20-11-18(26(2,3)4)12-21(24(20)35-6)31-37(7,33)34/h8-13,15,27,31H,14H2,1-7H3,(H,30,32). The molecule has 1 heterocycles. The molecule has 3 rings (SSSR count). The highest BCUT2D eigenvalue weighted by Crippen LogP contribution is 2.39. The first-order valence-electron chi connectivity index (χ1n) is 11.6. The van der Waals surface area contributed by atoms with Crippen LogP contribution < -0.4 is 24.8 Å². The third kappa shape index (κ3) is 7.40. The fourth-order valence-electron chi connectivity index (χ4n) is 3.52. The monoisotopic (exact) mass is 527 g/mol. The van der Waals surface area contributed by atoms with Gasteiger partial charge in [0.1, 0.15) is 12.1 Å². The minimum Gasteiger partial charge on any atom is -0.492 e. The van der Waals surface area contributed by atoms with Gasteiger partial charge in [-0.25, -0.2) is 18.4 Å². The Kier molecular flexibility index (Phi) is 8.39. The van der Waals surface area contributed by atoms with Crippen LogP contribution in [0.4, 0.5) is 11.4 Å². The van der Waals surface area contributed by atoms with E-state index in [-0.39, 0.29) is 16.9 Å². The van der Waals surface area contributed by atoms with Crippen molar-refractivity contribution < 1.29 is 22.7 Å². The molecule has 0 radical (unpaired) electrons. The summed E-state index contributed by atoms with van der Waals surface area (Å²) < 4.78 is 37.9. The molecule has 198 valence electrons. The predicted molar refractivity (Wildman–Crippen MR) is 144 cm³/mol. The Morgan fingerprint density at radius 2 is 1.76 bits per heavy atom. The van der Waals surface area contributed by atoms with Gasteiger partial charge in [0.25, 0.3) is 5.91 Å². The Hall–Kier alpha value is -3.70. The van der Waals surface area contributed by atoms with E-state index in [9.17, 15) is 13.2 Å². The van der Waals surface area contributed by atoms with Gasteiger partial charge in [-0.2, -0.15) is 0 Å². The van der Waals surface area contributed by atoms with E-state index in [1.807, 2.05) is 34.7 Å². The number of carbonyl (C=O) groups is 1. The molecule has 2 aromatic carbocycles. The van der Waals surface area contributed by atoms with E-state index in [4.69, 9.17) is 9.47 Å². The van der Waals surface area contributed by atoms with Crippen LogP contribution in [0.15, 0.2) is 42.7 Å². The molecule has 10 nitrogen and oxygen atoms in total. The molecule has 0 aliphatic rings. The lowest BCUT2D eigenvalue weighted by Gasteiger charge is -2.24. The van der Waals surface area contributed by atoms with Crippen molar-refractivity contribution in [3.8, 4) is 17.4 Å². The van der Waals surface area contributed by atoms with Crippen LogP contribution in [-0.2, 0) is 22.0 Å². The fraction of sp³-hybridized carbons (Fsp3) is 0.346. The molecule has 37 heavy (non-hydrogen) atoms. The molecule has 0 atom stereocenters. The zero-order valence-electron chi connectivity index (χ0n) is 22.1. The molecule has 11 heteroatoms. The number of ether oxygens (including phenoxy) is 2. The van der Waals surface area contributed by atoms with Gasteiger partial charge in [0, 0.05) is 18.2 Å². The summed E-state index contributed by atoms with van der Waals surface area (Å²) in [7, 11) is -0.356. The van der Waals surface area contributed by atoms with Gasteiger partial charge in [-0.3, -0.25) is 9.52 Å². The van der Waals surface area contributed by atoms with Crippen LogP contribution in [0, 0.1) is 6.92 Å². The molecule has 3 N–H and O–H groups in total. The molecular formula is C26H33N5O5S. The third-order valence-electron chi connectivity index (χ3n) is 5.42. The van der Waals surface area contributed by atoms with Crippen LogP contribution in [0.3, 0.4) is 0 Å². The zero-order chi connectivity index (χ0) is 27.4. The smallest absolute Gasteiger partial charge is 0.255 e. The Morgan fingerprint density at radius 3 is 2.38 bits per heavy atom. The average Bonchev–Trinajstić information content (AvgIpc) is 2.79. The lowest BCUT2D eigenvalue weighted by Crippen LogP contribution is -2.18. The summed E-state index contributed by atoms with van der Waals surface area (Å²) in [5, 5.41) is 5.89. The Bertz CT molecular complexity index is 1400. The number of rotatable bonds is 9. The van der Waals surface area contributed by atoms with Gasteiger partial charge in [0.15, 0.2) is 5.75 Å².